The minimum Gasteiger partial charge on any atom is -0.208 e. The van der Waals surface area contributed by atoms with Gasteiger partial charge in [-0.15, -0.1) is 11.3 Å². The summed E-state index contributed by atoms with van der Waals surface area (Å²) in [7, 11) is 0. The normalized spacial score (nSPS) is 11.6. The Kier molecular flexibility index (Phi) is 7.57. The van der Waals surface area contributed by atoms with Gasteiger partial charge in [0.15, 0.2) is 17.5 Å². The summed E-state index contributed by atoms with van der Waals surface area (Å²) in [4.78, 5) is 15.5. The molecule has 0 atom stereocenters. The average Bonchev–Trinajstić information content (AvgIpc) is 3.58. The fraction of sp³-hybridized carbons (Fsp3) is 0.0217. The number of fused-ring (bicyclic) bond motifs is 3. The molecule has 9 rings (SSSR count). The maximum absolute atomic E-state index is 5.26. The van der Waals surface area contributed by atoms with E-state index in [0.717, 1.165) is 27.6 Å². The van der Waals surface area contributed by atoms with Gasteiger partial charge in [0.25, 0.3) is 0 Å². The Morgan fingerprint density at radius 3 is 1.28 bits per heavy atom. The second-order valence-corrected chi connectivity index (χ2v) is 13.5. The van der Waals surface area contributed by atoms with Crippen LogP contribution in [0.4, 0.5) is 0 Å². The van der Waals surface area contributed by atoms with Gasteiger partial charge < -0.3 is 0 Å². The number of benzene rings is 7. The molecule has 0 bridgehead atoms. The minimum atomic E-state index is -0.625. The second-order valence-electron chi connectivity index (χ2n) is 12.4. The van der Waals surface area contributed by atoms with Crippen LogP contribution in [-0.4, -0.2) is 15.0 Å². The highest BCUT2D eigenvalue weighted by molar-refractivity contribution is 7.26. The molecule has 0 fully saturated rings. The van der Waals surface area contributed by atoms with Crippen LogP contribution in [0.3, 0.4) is 0 Å². The first-order valence-corrected chi connectivity index (χ1v) is 17.6. The number of hydrogen-bond acceptors (Lipinski definition) is 4. The lowest BCUT2D eigenvalue weighted by molar-refractivity contribution is 0.746. The standard InChI is InChI=1S/C46H31N3S/c1-6-18-32(19-7-1)43-47-44(33-20-8-2-9-21-33)49-45(48-43)39-30-37(31-41-42(39)38-28-16-17-29-40(38)50-41)46(34-22-10-3-11-23-34,35-24-12-4-13-25-35)36-26-14-5-15-27-36/h1-31H. The van der Waals surface area contributed by atoms with Gasteiger partial charge in [0.05, 0.1) is 5.41 Å². The molecule has 3 nitrogen and oxygen atoms in total. The molecule has 4 heteroatoms. The van der Waals surface area contributed by atoms with E-state index in [1.807, 2.05) is 47.7 Å². The Morgan fingerprint density at radius 1 is 0.360 bits per heavy atom. The van der Waals surface area contributed by atoms with Gasteiger partial charge in [-0.3, -0.25) is 0 Å². The molecule has 0 unspecified atom stereocenters. The van der Waals surface area contributed by atoms with Crippen LogP contribution >= 0.6 is 11.3 Å². The third-order valence-corrected chi connectivity index (χ3v) is 10.6. The van der Waals surface area contributed by atoms with Gasteiger partial charge in [-0.2, -0.15) is 0 Å². The lowest BCUT2D eigenvalue weighted by Gasteiger charge is -2.37. The molecule has 2 aromatic heterocycles. The van der Waals surface area contributed by atoms with Crippen molar-refractivity contribution < 1.29 is 0 Å². The summed E-state index contributed by atoms with van der Waals surface area (Å²) in [5.41, 5.74) is 6.97. The van der Waals surface area contributed by atoms with Crippen molar-refractivity contribution in [2.24, 2.45) is 0 Å². The first-order valence-electron chi connectivity index (χ1n) is 16.8. The van der Waals surface area contributed by atoms with Crippen molar-refractivity contribution >= 4 is 31.5 Å². The number of hydrogen-bond donors (Lipinski definition) is 0. The summed E-state index contributed by atoms with van der Waals surface area (Å²) in [6, 6.07) is 66.4. The maximum Gasteiger partial charge on any atom is 0.164 e. The zero-order valence-corrected chi connectivity index (χ0v) is 28.0. The summed E-state index contributed by atoms with van der Waals surface area (Å²) >= 11 is 1.82. The number of thiophene rings is 1. The summed E-state index contributed by atoms with van der Waals surface area (Å²) in [5.74, 6) is 1.94. The molecule has 236 valence electrons. The van der Waals surface area contributed by atoms with Gasteiger partial charge >= 0.3 is 0 Å². The molecule has 50 heavy (non-hydrogen) atoms. The quantitative estimate of drug-likeness (QED) is 0.160. The lowest BCUT2D eigenvalue weighted by atomic mass is 9.65. The second kappa shape index (κ2) is 12.7. The van der Waals surface area contributed by atoms with E-state index in [2.05, 4.69) is 152 Å². The smallest absolute Gasteiger partial charge is 0.164 e. The summed E-state index contributed by atoms with van der Waals surface area (Å²) in [5, 5.41) is 2.35. The van der Waals surface area contributed by atoms with Gasteiger partial charge in [-0.25, -0.2) is 15.0 Å². The Morgan fingerprint density at radius 2 is 0.780 bits per heavy atom. The van der Waals surface area contributed by atoms with Crippen LogP contribution in [0, 0.1) is 0 Å². The molecule has 0 saturated carbocycles. The lowest BCUT2D eigenvalue weighted by Crippen LogP contribution is -2.31. The summed E-state index contributed by atoms with van der Waals surface area (Å²) in [6.07, 6.45) is 0. The molecule has 0 aliphatic rings. The minimum absolute atomic E-state index is 0.625. The molecule has 0 aliphatic carbocycles. The zero-order valence-electron chi connectivity index (χ0n) is 27.1. The Labute approximate surface area is 295 Å². The van der Waals surface area contributed by atoms with E-state index in [1.54, 1.807) is 0 Å². The van der Waals surface area contributed by atoms with E-state index in [1.165, 1.54) is 31.5 Å². The van der Waals surface area contributed by atoms with E-state index in [-0.39, 0.29) is 0 Å². The molecule has 2 heterocycles. The highest BCUT2D eigenvalue weighted by Crippen LogP contribution is 2.49. The average molecular weight is 658 g/mol. The van der Waals surface area contributed by atoms with Crippen molar-refractivity contribution in [2.75, 3.05) is 0 Å². The number of nitrogens with zero attached hydrogens (tertiary/aromatic N) is 3. The third kappa shape index (κ3) is 5.09. The molecule has 0 radical (unpaired) electrons. The van der Waals surface area contributed by atoms with Gasteiger partial charge in [-0.1, -0.05) is 170 Å². The predicted molar refractivity (Wildman–Crippen MR) is 207 cm³/mol. The molecule has 0 amide bonds. The van der Waals surface area contributed by atoms with Crippen LogP contribution in [0.1, 0.15) is 22.3 Å². The Bertz CT molecular complexity index is 2410. The SMILES string of the molecule is c1ccc(-c2nc(-c3ccccc3)nc(-c3cc(C(c4ccccc4)(c4ccccc4)c4ccccc4)cc4sc5ccccc5c34)n2)cc1. The van der Waals surface area contributed by atoms with Crippen molar-refractivity contribution in [3.8, 4) is 34.2 Å². The summed E-state index contributed by atoms with van der Waals surface area (Å²) < 4.78 is 2.42. The fourth-order valence-corrected chi connectivity index (χ4v) is 8.41. The van der Waals surface area contributed by atoms with E-state index in [9.17, 15) is 0 Å². The molecule has 0 N–H and O–H groups in total. The van der Waals surface area contributed by atoms with E-state index < -0.39 is 5.41 Å². The van der Waals surface area contributed by atoms with E-state index >= 15 is 0 Å². The monoisotopic (exact) mass is 657 g/mol. The largest absolute Gasteiger partial charge is 0.208 e. The molecule has 7 aromatic carbocycles. The Balaban J connectivity index is 1.43. The van der Waals surface area contributed by atoms with Crippen LogP contribution < -0.4 is 0 Å². The van der Waals surface area contributed by atoms with Gasteiger partial charge in [0, 0.05) is 36.9 Å². The van der Waals surface area contributed by atoms with Crippen molar-refractivity contribution in [1.82, 2.24) is 15.0 Å². The van der Waals surface area contributed by atoms with Crippen molar-refractivity contribution in [1.29, 1.82) is 0 Å². The molecule has 0 spiro atoms. The van der Waals surface area contributed by atoms with Crippen LogP contribution in [0.15, 0.2) is 188 Å². The van der Waals surface area contributed by atoms with Crippen LogP contribution in [-0.2, 0) is 5.41 Å². The number of rotatable bonds is 7. The van der Waals surface area contributed by atoms with Crippen molar-refractivity contribution in [2.45, 2.75) is 5.41 Å². The fourth-order valence-electron chi connectivity index (χ4n) is 7.24. The molecule has 0 saturated heterocycles. The van der Waals surface area contributed by atoms with E-state index in [0.29, 0.717) is 17.5 Å². The summed E-state index contributed by atoms with van der Waals surface area (Å²) in [6.45, 7) is 0. The topological polar surface area (TPSA) is 38.7 Å². The van der Waals surface area contributed by atoms with Gasteiger partial charge in [0.2, 0.25) is 0 Å². The molecular weight excluding hydrogens is 627 g/mol. The van der Waals surface area contributed by atoms with Crippen LogP contribution in [0.25, 0.3) is 54.3 Å². The first-order chi connectivity index (χ1) is 24.8. The predicted octanol–water partition coefficient (Wildman–Crippen LogP) is 11.6. The highest BCUT2D eigenvalue weighted by Gasteiger charge is 2.39. The molecular formula is C46H31N3S. The van der Waals surface area contributed by atoms with Crippen molar-refractivity contribution in [3.05, 3.63) is 210 Å². The van der Waals surface area contributed by atoms with Crippen LogP contribution in [0.2, 0.25) is 0 Å². The first kappa shape index (κ1) is 29.9. The maximum atomic E-state index is 5.26. The third-order valence-electron chi connectivity index (χ3n) is 9.47. The van der Waals surface area contributed by atoms with Crippen LogP contribution in [0.5, 0.6) is 0 Å². The van der Waals surface area contributed by atoms with Gasteiger partial charge in [0.1, 0.15) is 0 Å². The Hall–Kier alpha value is -6.23. The van der Waals surface area contributed by atoms with E-state index in [4.69, 9.17) is 15.0 Å². The molecule has 0 aliphatic heterocycles. The highest BCUT2D eigenvalue weighted by atomic mass is 32.1. The zero-order chi connectivity index (χ0) is 33.3. The van der Waals surface area contributed by atoms with Gasteiger partial charge in [-0.05, 0) is 40.5 Å². The molecule has 9 aromatic rings. The van der Waals surface area contributed by atoms with Crippen molar-refractivity contribution in [3.63, 3.8) is 0 Å². The number of aromatic nitrogens is 3.